The van der Waals surface area contributed by atoms with E-state index in [-0.39, 0.29) is 24.9 Å². The number of hydrogen-bond donors (Lipinski definition) is 2. The molecule has 0 saturated heterocycles. The number of carbonyl (C=O) groups excluding carboxylic acids is 2. The molecule has 0 spiro atoms. The molecule has 0 aliphatic rings. The second-order valence-electron chi connectivity index (χ2n) is 6.06. The first-order valence-electron chi connectivity index (χ1n) is 8.18. The first kappa shape index (κ1) is 19.9. The van der Waals surface area contributed by atoms with Gasteiger partial charge in [0.25, 0.3) is 0 Å². The van der Waals surface area contributed by atoms with Crippen molar-refractivity contribution >= 4 is 28.8 Å². The van der Waals surface area contributed by atoms with Gasteiger partial charge >= 0.3 is 0 Å². The Morgan fingerprint density at radius 2 is 2.04 bits per heavy atom. The summed E-state index contributed by atoms with van der Waals surface area (Å²) in [5, 5.41) is 8.36. The van der Waals surface area contributed by atoms with Crippen molar-refractivity contribution < 1.29 is 14.3 Å². The van der Waals surface area contributed by atoms with E-state index >= 15 is 0 Å². The van der Waals surface area contributed by atoms with E-state index in [1.165, 1.54) is 0 Å². The lowest BCUT2D eigenvalue weighted by Gasteiger charge is -2.15. The van der Waals surface area contributed by atoms with Crippen LogP contribution in [0.4, 0.5) is 5.69 Å². The molecule has 1 aromatic heterocycles. The van der Waals surface area contributed by atoms with Crippen LogP contribution in [-0.4, -0.2) is 48.9 Å². The molecule has 140 valence electrons. The van der Waals surface area contributed by atoms with Crippen molar-refractivity contribution in [3.05, 3.63) is 39.8 Å². The molecule has 1 heterocycles. The summed E-state index contributed by atoms with van der Waals surface area (Å²) in [7, 11) is 3.38. The number of benzene rings is 1. The fourth-order valence-corrected chi connectivity index (χ4v) is 3.01. The largest absolute Gasteiger partial charge is 0.495 e. The topological polar surface area (TPSA) is 83.6 Å². The van der Waals surface area contributed by atoms with Gasteiger partial charge in [0.15, 0.2) is 0 Å². The van der Waals surface area contributed by atoms with Crippen LogP contribution in [0.1, 0.15) is 16.3 Å². The molecule has 0 aliphatic heterocycles. The Morgan fingerprint density at radius 1 is 1.27 bits per heavy atom. The number of likely N-dealkylation sites (N-methyl/N-ethyl adjacent to an activating group) is 1. The number of amides is 2. The molecule has 0 bridgehead atoms. The minimum atomic E-state index is -0.306. The van der Waals surface area contributed by atoms with E-state index in [1.54, 1.807) is 24.5 Å². The first-order valence-corrected chi connectivity index (χ1v) is 9.06. The molecule has 0 saturated carbocycles. The van der Waals surface area contributed by atoms with Crippen molar-refractivity contribution in [2.75, 3.05) is 32.6 Å². The Kier molecular flexibility index (Phi) is 7.11. The number of rotatable bonds is 8. The summed E-state index contributed by atoms with van der Waals surface area (Å²) in [6.07, 6.45) is 0. The van der Waals surface area contributed by atoms with Crippen molar-refractivity contribution in [1.82, 2.24) is 15.2 Å². The number of nitrogens with zero attached hydrogens (tertiary/aromatic N) is 2. The number of carbonyl (C=O) groups is 2. The van der Waals surface area contributed by atoms with Crippen molar-refractivity contribution in [3.8, 4) is 5.75 Å². The number of hydrogen-bond acceptors (Lipinski definition) is 6. The minimum absolute atomic E-state index is 0.0976. The number of methoxy groups -OCH3 is 1. The van der Waals surface area contributed by atoms with Crippen LogP contribution < -0.4 is 15.4 Å². The molecule has 2 rings (SSSR count). The van der Waals surface area contributed by atoms with Crippen molar-refractivity contribution in [1.29, 1.82) is 0 Å². The summed E-state index contributed by atoms with van der Waals surface area (Å²) in [5.41, 5.74) is 2.53. The van der Waals surface area contributed by atoms with E-state index in [9.17, 15) is 9.59 Å². The third-order valence-corrected chi connectivity index (χ3v) is 4.41. The Labute approximate surface area is 157 Å². The molecule has 0 aliphatic carbocycles. The normalized spacial score (nSPS) is 10.7. The lowest BCUT2D eigenvalue weighted by molar-refractivity contribution is -0.124. The number of nitrogens with one attached hydrogen (secondary N) is 2. The summed E-state index contributed by atoms with van der Waals surface area (Å²) < 4.78 is 5.22. The molecular formula is C18H24N4O3S. The molecule has 1 aromatic carbocycles. The predicted molar refractivity (Wildman–Crippen MR) is 103 cm³/mol. The Hall–Kier alpha value is -2.45. The second-order valence-corrected chi connectivity index (χ2v) is 7.12. The van der Waals surface area contributed by atoms with Gasteiger partial charge in [0.1, 0.15) is 5.75 Å². The predicted octanol–water partition coefficient (Wildman–Crippen LogP) is 1.96. The maximum absolute atomic E-state index is 12.1. The number of aryl methyl sites for hydroxylation is 2. The third kappa shape index (κ3) is 6.12. The summed E-state index contributed by atoms with van der Waals surface area (Å²) in [6, 6.07) is 5.51. The van der Waals surface area contributed by atoms with Gasteiger partial charge in [-0.3, -0.25) is 14.5 Å². The van der Waals surface area contributed by atoms with E-state index in [0.29, 0.717) is 18.0 Å². The molecule has 7 nitrogen and oxygen atoms in total. The van der Waals surface area contributed by atoms with Crippen LogP contribution in [0.25, 0.3) is 0 Å². The summed E-state index contributed by atoms with van der Waals surface area (Å²) in [4.78, 5) is 30.3. The van der Waals surface area contributed by atoms with Gasteiger partial charge in [0.05, 0.1) is 36.6 Å². The van der Waals surface area contributed by atoms with Gasteiger partial charge in [-0.05, 0) is 38.6 Å². The zero-order valence-electron chi connectivity index (χ0n) is 15.5. The fraction of sp³-hybridized carbons (Fsp3) is 0.389. The molecule has 0 atom stereocenters. The van der Waals surface area contributed by atoms with Crippen LogP contribution in [0.15, 0.2) is 23.6 Å². The zero-order chi connectivity index (χ0) is 19.1. The van der Waals surface area contributed by atoms with Gasteiger partial charge in [-0.2, -0.15) is 0 Å². The molecule has 8 heteroatoms. The van der Waals surface area contributed by atoms with Crippen molar-refractivity contribution in [2.24, 2.45) is 0 Å². The lowest BCUT2D eigenvalue weighted by Crippen LogP contribution is -2.39. The number of thiazole rings is 1. The number of ether oxygens (including phenoxy) is 1. The lowest BCUT2D eigenvalue weighted by atomic mass is 10.2. The Morgan fingerprint density at radius 3 is 2.69 bits per heavy atom. The maximum atomic E-state index is 12.1. The van der Waals surface area contributed by atoms with E-state index in [1.807, 2.05) is 43.3 Å². The summed E-state index contributed by atoms with van der Waals surface area (Å²) in [6.45, 7) is 4.56. The number of aromatic nitrogens is 1. The minimum Gasteiger partial charge on any atom is -0.495 e. The highest BCUT2D eigenvalue weighted by atomic mass is 32.1. The highest BCUT2D eigenvalue weighted by Crippen LogP contribution is 2.24. The molecule has 0 fully saturated rings. The fourth-order valence-electron chi connectivity index (χ4n) is 2.41. The van der Waals surface area contributed by atoms with E-state index in [4.69, 9.17) is 4.74 Å². The Bertz CT molecular complexity index is 776. The van der Waals surface area contributed by atoms with Crippen molar-refractivity contribution in [3.63, 3.8) is 0 Å². The highest BCUT2D eigenvalue weighted by molar-refractivity contribution is 7.09. The summed E-state index contributed by atoms with van der Waals surface area (Å²) in [5.74, 6) is 0.0550. The van der Waals surface area contributed by atoms with Crippen LogP contribution >= 0.6 is 11.3 Å². The average Bonchev–Trinajstić information content (AvgIpc) is 2.98. The molecule has 2 aromatic rings. The van der Waals surface area contributed by atoms with Crippen LogP contribution in [0.3, 0.4) is 0 Å². The van der Waals surface area contributed by atoms with Gasteiger partial charge in [-0.15, -0.1) is 11.3 Å². The monoisotopic (exact) mass is 376 g/mol. The van der Waals surface area contributed by atoms with Crippen LogP contribution in [0, 0.1) is 13.8 Å². The molecule has 0 radical (unpaired) electrons. The molecule has 2 N–H and O–H groups in total. The van der Waals surface area contributed by atoms with Gasteiger partial charge in [-0.1, -0.05) is 6.07 Å². The van der Waals surface area contributed by atoms with Gasteiger partial charge < -0.3 is 15.4 Å². The third-order valence-electron chi connectivity index (χ3n) is 3.59. The van der Waals surface area contributed by atoms with E-state index in [2.05, 4.69) is 15.6 Å². The average molecular weight is 376 g/mol. The van der Waals surface area contributed by atoms with Crippen molar-refractivity contribution in [2.45, 2.75) is 20.4 Å². The SMILES string of the molecule is COc1ccc(C)cc1NC(=O)CNC(=O)CN(C)Cc1csc(C)n1. The Balaban J connectivity index is 1.78. The standard InChI is InChI=1S/C18H24N4O3S/c1-12-5-6-16(25-4)15(7-12)21-17(23)8-19-18(24)10-22(3)9-14-11-26-13(2)20-14/h5-7,11H,8-10H2,1-4H3,(H,19,24)(H,21,23). The maximum Gasteiger partial charge on any atom is 0.243 e. The van der Waals surface area contributed by atoms with E-state index < -0.39 is 0 Å². The van der Waals surface area contributed by atoms with Gasteiger partial charge in [-0.25, -0.2) is 4.98 Å². The zero-order valence-corrected chi connectivity index (χ0v) is 16.3. The molecular weight excluding hydrogens is 352 g/mol. The second kappa shape index (κ2) is 9.30. The highest BCUT2D eigenvalue weighted by Gasteiger charge is 2.12. The van der Waals surface area contributed by atoms with Crippen LogP contribution in [0.5, 0.6) is 5.75 Å². The smallest absolute Gasteiger partial charge is 0.243 e. The molecule has 2 amide bonds. The quantitative estimate of drug-likeness (QED) is 0.736. The first-order chi connectivity index (χ1) is 12.4. The molecule has 26 heavy (non-hydrogen) atoms. The van der Waals surface area contributed by atoms with Crippen LogP contribution in [0.2, 0.25) is 0 Å². The van der Waals surface area contributed by atoms with Crippen LogP contribution in [-0.2, 0) is 16.1 Å². The molecule has 0 unspecified atom stereocenters. The van der Waals surface area contributed by atoms with Gasteiger partial charge in [0, 0.05) is 11.9 Å². The van der Waals surface area contributed by atoms with Gasteiger partial charge in [0.2, 0.25) is 11.8 Å². The number of anilines is 1. The van der Waals surface area contributed by atoms with E-state index in [0.717, 1.165) is 16.3 Å². The summed E-state index contributed by atoms with van der Waals surface area (Å²) >= 11 is 1.58.